The molecule has 2 aromatic carbocycles. The summed E-state index contributed by atoms with van der Waals surface area (Å²) in [6, 6.07) is 14.1. The Morgan fingerprint density at radius 1 is 1.00 bits per heavy atom. The van der Waals surface area contributed by atoms with Gasteiger partial charge in [0.25, 0.3) is 0 Å². The SMILES string of the molecule is Fc1cccc(F)c1CC(Cl)C1CC1c1ccccc1. The summed E-state index contributed by atoms with van der Waals surface area (Å²) in [7, 11) is 0. The van der Waals surface area contributed by atoms with Crippen molar-refractivity contribution in [1.29, 1.82) is 0 Å². The smallest absolute Gasteiger partial charge is 0.129 e. The van der Waals surface area contributed by atoms with Crippen LogP contribution in [0.15, 0.2) is 48.5 Å². The van der Waals surface area contributed by atoms with Gasteiger partial charge in [-0.1, -0.05) is 36.4 Å². The van der Waals surface area contributed by atoms with Gasteiger partial charge in [0, 0.05) is 10.9 Å². The summed E-state index contributed by atoms with van der Waals surface area (Å²) < 4.78 is 27.2. The summed E-state index contributed by atoms with van der Waals surface area (Å²) in [5.41, 5.74) is 1.36. The molecule has 0 saturated heterocycles. The Morgan fingerprint density at radius 3 is 2.30 bits per heavy atom. The van der Waals surface area contributed by atoms with Gasteiger partial charge in [0.2, 0.25) is 0 Å². The van der Waals surface area contributed by atoms with Crippen molar-refractivity contribution >= 4 is 11.6 Å². The second kappa shape index (κ2) is 5.53. The van der Waals surface area contributed by atoms with Crippen LogP contribution >= 0.6 is 11.6 Å². The molecular weight excluding hydrogens is 278 g/mol. The van der Waals surface area contributed by atoms with Crippen molar-refractivity contribution in [2.24, 2.45) is 5.92 Å². The van der Waals surface area contributed by atoms with E-state index in [2.05, 4.69) is 12.1 Å². The first-order valence-corrected chi connectivity index (χ1v) is 7.22. The number of rotatable bonds is 4. The van der Waals surface area contributed by atoms with E-state index in [1.165, 1.54) is 23.8 Å². The van der Waals surface area contributed by atoms with E-state index in [0.29, 0.717) is 11.8 Å². The summed E-state index contributed by atoms with van der Waals surface area (Å²) in [4.78, 5) is 0. The highest BCUT2D eigenvalue weighted by molar-refractivity contribution is 6.21. The summed E-state index contributed by atoms with van der Waals surface area (Å²) in [5.74, 6) is -0.285. The third-order valence-electron chi connectivity index (χ3n) is 3.99. The molecule has 0 spiro atoms. The monoisotopic (exact) mass is 292 g/mol. The molecule has 1 aliphatic carbocycles. The Hall–Kier alpha value is -1.41. The molecule has 3 heteroatoms. The zero-order valence-corrected chi connectivity index (χ0v) is 11.7. The van der Waals surface area contributed by atoms with E-state index in [0.717, 1.165) is 6.42 Å². The minimum absolute atomic E-state index is 0.103. The second-order valence-electron chi connectivity index (χ2n) is 5.34. The average Bonchev–Trinajstić information content (AvgIpc) is 3.24. The summed E-state index contributed by atoms with van der Waals surface area (Å²) >= 11 is 6.37. The highest BCUT2D eigenvalue weighted by Gasteiger charge is 2.43. The van der Waals surface area contributed by atoms with Crippen molar-refractivity contribution in [3.8, 4) is 0 Å². The number of hydrogen-bond donors (Lipinski definition) is 0. The maximum Gasteiger partial charge on any atom is 0.129 e. The molecule has 2 aromatic rings. The molecule has 1 fully saturated rings. The van der Waals surface area contributed by atoms with Gasteiger partial charge >= 0.3 is 0 Å². The van der Waals surface area contributed by atoms with Gasteiger partial charge in [0.1, 0.15) is 11.6 Å². The minimum Gasteiger partial charge on any atom is -0.207 e. The van der Waals surface area contributed by atoms with Crippen molar-refractivity contribution in [1.82, 2.24) is 0 Å². The van der Waals surface area contributed by atoms with Gasteiger partial charge in [-0.2, -0.15) is 0 Å². The quantitative estimate of drug-likeness (QED) is 0.702. The fourth-order valence-electron chi connectivity index (χ4n) is 2.77. The van der Waals surface area contributed by atoms with Gasteiger partial charge in [0.15, 0.2) is 0 Å². The molecule has 3 rings (SSSR count). The lowest BCUT2D eigenvalue weighted by Gasteiger charge is -2.11. The molecule has 0 aliphatic heterocycles. The van der Waals surface area contributed by atoms with Gasteiger partial charge < -0.3 is 0 Å². The molecule has 0 radical (unpaired) electrons. The van der Waals surface area contributed by atoms with Crippen molar-refractivity contribution in [2.45, 2.75) is 24.1 Å². The minimum atomic E-state index is -0.507. The van der Waals surface area contributed by atoms with Crippen molar-refractivity contribution in [2.75, 3.05) is 0 Å². The van der Waals surface area contributed by atoms with E-state index >= 15 is 0 Å². The van der Waals surface area contributed by atoms with Crippen molar-refractivity contribution < 1.29 is 8.78 Å². The second-order valence-corrected chi connectivity index (χ2v) is 5.90. The van der Waals surface area contributed by atoms with Crippen LogP contribution in [-0.2, 0) is 6.42 Å². The van der Waals surface area contributed by atoms with Gasteiger partial charge in [-0.15, -0.1) is 11.6 Å². The predicted molar refractivity (Wildman–Crippen MR) is 77.0 cm³/mol. The molecule has 0 N–H and O–H groups in total. The number of alkyl halides is 1. The molecule has 1 aliphatic rings. The van der Waals surface area contributed by atoms with E-state index in [1.54, 1.807) is 0 Å². The largest absolute Gasteiger partial charge is 0.207 e. The van der Waals surface area contributed by atoms with Crippen LogP contribution < -0.4 is 0 Å². The summed E-state index contributed by atoms with van der Waals surface area (Å²) in [6.07, 6.45) is 1.24. The first-order valence-electron chi connectivity index (χ1n) is 6.78. The van der Waals surface area contributed by atoms with E-state index in [4.69, 9.17) is 11.6 Å². The van der Waals surface area contributed by atoms with Gasteiger partial charge in [0.05, 0.1) is 0 Å². The van der Waals surface area contributed by atoms with Gasteiger partial charge in [-0.05, 0) is 42.4 Å². The van der Waals surface area contributed by atoms with E-state index in [-0.39, 0.29) is 17.4 Å². The molecule has 0 bridgehead atoms. The zero-order chi connectivity index (χ0) is 14.1. The molecule has 0 nitrogen and oxygen atoms in total. The van der Waals surface area contributed by atoms with Crippen LogP contribution in [0.4, 0.5) is 8.78 Å². The summed E-state index contributed by atoms with van der Waals surface area (Å²) in [5, 5.41) is -0.230. The van der Waals surface area contributed by atoms with Crippen LogP contribution in [0.1, 0.15) is 23.5 Å². The Morgan fingerprint density at radius 2 is 1.65 bits per heavy atom. The molecule has 0 heterocycles. The molecule has 104 valence electrons. The lowest BCUT2D eigenvalue weighted by molar-refractivity contribution is 0.544. The maximum atomic E-state index is 13.6. The van der Waals surface area contributed by atoms with Crippen LogP contribution in [0.5, 0.6) is 0 Å². The Labute approximate surface area is 122 Å². The van der Waals surface area contributed by atoms with Gasteiger partial charge in [-0.25, -0.2) is 8.78 Å². The van der Waals surface area contributed by atoms with Crippen LogP contribution in [0.3, 0.4) is 0 Å². The fourth-order valence-corrected chi connectivity index (χ4v) is 3.20. The number of benzene rings is 2. The number of hydrogen-bond acceptors (Lipinski definition) is 0. The molecule has 20 heavy (non-hydrogen) atoms. The molecule has 1 saturated carbocycles. The normalized spacial score (nSPS) is 22.6. The fraction of sp³-hybridized carbons (Fsp3) is 0.294. The highest BCUT2D eigenvalue weighted by atomic mass is 35.5. The Kier molecular flexibility index (Phi) is 3.75. The molecule has 0 aromatic heterocycles. The topological polar surface area (TPSA) is 0 Å². The van der Waals surface area contributed by atoms with E-state index in [1.807, 2.05) is 18.2 Å². The average molecular weight is 293 g/mol. The zero-order valence-electron chi connectivity index (χ0n) is 10.9. The highest BCUT2D eigenvalue weighted by Crippen LogP contribution is 2.51. The maximum absolute atomic E-state index is 13.6. The van der Waals surface area contributed by atoms with Crippen LogP contribution in [0.2, 0.25) is 0 Å². The molecular formula is C17H15ClF2. The number of halogens is 3. The third-order valence-corrected chi connectivity index (χ3v) is 4.47. The first-order chi connectivity index (χ1) is 9.66. The van der Waals surface area contributed by atoms with E-state index < -0.39 is 11.6 Å². The first kappa shape index (κ1) is 13.6. The van der Waals surface area contributed by atoms with Crippen LogP contribution in [-0.4, -0.2) is 5.38 Å². The predicted octanol–water partition coefficient (Wildman–Crippen LogP) is 4.92. The van der Waals surface area contributed by atoms with E-state index in [9.17, 15) is 8.78 Å². The molecule has 3 unspecified atom stereocenters. The molecule has 0 amide bonds. The lowest BCUT2D eigenvalue weighted by Crippen LogP contribution is -2.10. The lowest BCUT2D eigenvalue weighted by atomic mass is 10.0. The van der Waals surface area contributed by atoms with Crippen molar-refractivity contribution in [3.63, 3.8) is 0 Å². The Balaban J connectivity index is 1.68. The summed E-state index contributed by atoms with van der Waals surface area (Å²) in [6.45, 7) is 0. The van der Waals surface area contributed by atoms with Crippen molar-refractivity contribution in [3.05, 3.63) is 71.3 Å². The Bertz CT molecular complexity index is 577. The van der Waals surface area contributed by atoms with Gasteiger partial charge in [-0.3, -0.25) is 0 Å². The third kappa shape index (κ3) is 2.71. The standard InChI is InChI=1S/C17H15ClF2/c18-15(10-14-16(19)7-4-8-17(14)20)13-9-12(13)11-5-2-1-3-6-11/h1-8,12-13,15H,9-10H2. The molecule has 3 atom stereocenters. The van der Waals surface area contributed by atoms with Crippen LogP contribution in [0.25, 0.3) is 0 Å². The van der Waals surface area contributed by atoms with Crippen LogP contribution in [0, 0.1) is 17.6 Å².